The standard InChI is InChI=1S/C27H35N7O2/c1-2-3-11-33-17-28-21-15-20(7-8-22(21)33)24-25-26(34(18-29-25)23-6-4-5-14-36-23)31-27(30-24)32-12-9-19(16-35)10-13-32/h7-8,15,17-19,23,35H,2-6,9-14,16H2,1H3. The zero-order chi connectivity index (χ0) is 24.5. The Bertz CT molecular complexity index is 1330. The number of fused-ring (bicyclic) bond motifs is 2. The van der Waals surface area contributed by atoms with Crippen LogP contribution in [0.25, 0.3) is 33.5 Å². The van der Waals surface area contributed by atoms with Gasteiger partial charge in [0.1, 0.15) is 17.4 Å². The van der Waals surface area contributed by atoms with E-state index in [4.69, 9.17) is 19.7 Å². The molecule has 190 valence electrons. The fourth-order valence-corrected chi connectivity index (χ4v) is 5.43. The van der Waals surface area contributed by atoms with Crippen LogP contribution in [0, 0.1) is 5.92 Å². The lowest BCUT2D eigenvalue weighted by atomic mass is 9.98. The zero-order valence-electron chi connectivity index (χ0n) is 21.0. The normalized spacial score (nSPS) is 19.5. The molecule has 1 N–H and O–H groups in total. The number of hydrogen-bond acceptors (Lipinski definition) is 7. The van der Waals surface area contributed by atoms with E-state index in [1.807, 2.05) is 12.7 Å². The number of aryl methyl sites for hydroxylation is 1. The van der Waals surface area contributed by atoms with E-state index in [1.54, 1.807) is 0 Å². The van der Waals surface area contributed by atoms with Crippen LogP contribution < -0.4 is 4.90 Å². The van der Waals surface area contributed by atoms with E-state index in [-0.39, 0.29) is 12.8 Å². The van der Waals surface area contributed by atoms with Crippen molar-refractivity contribution in [3.8, 4) is 11.3 Å². The third kappa shape index (κ3) is 4.35. The summed E-state index contributed by atoms with van der Waals surface area (Å²) in [6, 6.07) is 6.40. The Morgan fingerprint density at radius 3 is 2.72 bits per heavy atom. The molecule has 0 radical (unpaired) electrons. The Hall–Kier alpha value is -3.04. The Labute approximate surface area is 211 Å². The van der Waals surface area contributed by atoms with Gasteiger partial charge in [0.15, 0.2) is 5.65 Å². The molecule has 1 aromatic carbocycles. The summed E-state index contributed by atoms with van der Waals surface area (Å²) in [6.45, 7) is 5.87. The Morgan fingerprint density at radius 2 is 1.94 bits per heavy atom. The Kier molecular flexibility index (Phi) is 6.58. The van der Waals surface area contributed by atoms with E-state index in [1.165, 1.54) is 0 Å². The Balaban J connectivity index is 1.43. The van der Waals surface area contributed by atoms with Crippen molar-refractivity contribution in [3.05, 3.63) is 30.9 Å². The fourth-order valence-electron chi connectivity index (χ4n) is 5.43. The molecule has 1 atom stereocenters. The molecular weight excluding hydrogens is 454 g/mol. The third-order valence-corrected chi connectivity index (χ3v) is 7.68. The molecule has 3 aromatic heterocycles. The van der Waals surface area contributed by atoms with Crippen LogP contribution in [0.15, 0.2) is 30.9 Å². The van der Waals surface area contributed by atoms with Crippen molar-refractivity contribution in [3.63, 3.8) is 0 Å². The van der Waals surface area contributed by atoms with Crippen LogP contribution in [-0.2, 0) is 11.3 Å². The Morgan fingerprint density at radius 1 is 1.06 bits per heavy atom. The second-order valence-electron chi connectivity index (χ2n) is 10.1. The number of aliphatic hydroxyl groups excluding tert-OH is 1. The van der Waals surface area contributed by atoms with E-state index in [2.05, 4.69) is 44.1 Å². The molecule has 2 aliphatic heterocycles. The molecule has 1 unspecified atom stereocenters. The van der Waals surface area contributed by atoms with Gasteiger partial charge in [-0.2, -0.15) is 4.98 Å². The number of anilines is 1. The van der Waals surface area contributed by atoms with Gasteiger partial charge in [0.25, 0.3) is 0 Å². The number of ether oxygens (including phenoxy) is 1. The molecular formula is C27H35N7O2. The van der Waals surface area contributed by atoms with Gasteiger partial charge in [0.05, 0.1) is 23.7 Å². The number of aromatic nitrogens is 6. The average molecular weight is 490 g/mol. The average Bonchev–Trinajstić information content (AvgIpc) is 3.55. The molecule has 4 aromatic rings. The van der Waals surface area contributed by atoms with E-state index in [0.717, 1.165) is 111 Å². The molecule has 0 amide bonds. The highest BCUT2D eigenvalue weighted by Gasteiger charge is 2.26. The van der Waals surface area contributed by atoms with E-state index in [9.17, 15) is 5.11 Å². The summed E-state index contributed by atoms with van der Waals surface area (Å²) in [5.41, 5.74) is 5.55. The molecule has 0 spiro atoms. The highest BCUT2D eigenvalue weighted by molar-refractivity contribution is 5.91. The van der Waals surface area contributed by atoms with Crippen LogP contribution in [0.5, 0.6) is 0 Å². The third-order valence-electron chi connectivity index (χ3n) is 7.68. The first kappa shape index (κ1) is 23.4. The first-order chi connectivity index (χ1) is 17.7. The fraction of sp³-hybridized carbons (Fsp3) is 0.556. The van der Waals surface area contributed by atoms with Gasteiger partial charge in [-0.3, -0.25) is 4.57 Å². The van der Waals surface area contributed by atoms with Gasteiger partial charge in [-0.15, -0.1) is 0 Å². The number of piperidine rings is 1. The van der Waals surface area contributed by atoms with Gasteiger partial charge in [-0.25, -0.2) is 15.0 Å². The van der Waals surface area contributed by atoms with Crippen molar-refractivity contribution in [1.82, 2.24) is 29.1 Å². The highest BCUT2D eigenvalue weighted by Crippen LogP contribution is 2.33. The first-order valence-corrected chi connectivity index (χ1v) is 13.4. The monoisotopic (exact) mass is 489 g/mol. The lowest BCUT2D eigenvalue weighted by Crippen LogP contribution is -2.36. The smallest absolute Gasteiger partial charge is 0.228 e. The number of hydrogen-bond donors (Lipinski definition) is 1. The highest BCUT2D eigenvalue weighted by atomic mass is 16.5. The molecule has 0 saturated carbocycles. The number of benzene rings is 1. The van der Waals surface area contributed by atoms with Crippen LogP contribution in [0.3, 0.4) is 0 Å². The van der Waals surface area contributed by atoms with Gasteiger partial charge in [0, 0.05) is 38.4 Å². The summed E-state index contributed by atoms with van der Waals surface area (Å²) < 4.78 is 10.4. The lowest BCUT2D eigenvalue weighted by molar-refractivity contribution is -0.0298. The quantitative estimate of drug-likeness (QED) is 0.407. The van der Waals surface area contributed by atoms with Crippen molar-refractivity contribution in [1.29, 1.82) is 0 Å². The second kappa shape index (κ2) is 10.1. The molecule has 2 saturated heterocycles. The number of unbranched alkanes of at least 4 members (excludes halogenated alkanes) is 1. The van der Waals surface area contributed by atoms with Crippen LogP contribution >= 0.6 is 0 Å². The molecule has 6 rings (SSSR count). The maximum Gasteiger partial charge on any atom is 0.228 e. The molecule has 0 aliphatic carbocycles. The lowest BCUT2D eigenvalue weighted by Gasteiger charge is -2.31. The summed E-state index contributed by atoms with van der Waals surface area (Å²) in [5.74, 6) is 1.08. The summed E-state index contributed by atoms with van der Waals surface area (Å²) in [7, 11) is 0. The van der Waals surface area contributed by atoms with Gasteiger partial charge < -0.3 is 19.3 Å². The molecule has 9 heteroatoms. The molecule has 9 nitrogen and oxygen atoms in total. The second-order valence-corrected chi connectivity index (χ2v) is 10.1. The number of rotatable bonds is 7. The topological polar surface area (TPSA) is 94.1 Å². The molecule has 2 fully saturated rings. The van der Waals surface area contributed by atoms with Crippen molar-refractivity contribution in [2.24, 2.45) is 5.92 Å². The number of imidazole rings is 2. The molecule has 5 heterocycles. The SMILES string of the molecule is CCCCn1cnc2cc(-c3nc(N4CCC(CO)CC4)nc4c3ncn4C3CCCCO3)ccc21. The minimum Gasteiger partial charge on any atom is -0.396 e. The minimum atomic E-state index is -0.0452. The maximum atomic E-state index is 9.59. The van der Waals surface area contributed by atoms with E-state index in [0.29, 0.717) is 5.92 Å². The number of nitrogens with zero attached hydrogens (tertiary/aromatic N) is 7. The van der Waals surface area contributed by atoms with Gasteiger partial charge in [-0.05, 0) is 56.6 Å². The van der Waals surface area contributed by atoms with E-state index < -0.39 is 0 Å². The molecule has 0 bridgehead atoms. The summed E-state index contributed by atoms with van der Waals surface area (Å²) in [4.78, 5) is 21.8. The number of aliphatic hydroxyl groups is 1. The largest absolute Gasteiger partial charge is 0.396 e. The van der Waals surface area contributed by atoms with E-state index >= 15 is 0 Å². The minimum absolute atomic E-state index is 0.0452. The van der Waals surface area contributed by atoms with Gasteiger partial charge >= 0.3 is 0 Å². The van der Waals surface area contributed by atoms with Crippen molar-refractivity contribution in [2.45, 2.75) is 64.6 Å². The predicted molar refractivity (Wildman–Crippen MR) is 140 cm³/mol. The zero-order valence-corrected chi connectivity index (χ0v) is 21.0. The van der Waals surface area contributed by atoms with Gasteiger partial charge in [-0.1, -0.05) is 19.4 Å². The predicted octanol–water partition coefficient (Wildman–Crippen LogP) is 4.55. The molecule has 36 heavy (non-hydrogen) atoms. The molecule has 2 aliphatic rings. The van der Waals surface area contributed by atoms with Crippen LogP contribution in [-0.4, -0.2) is 60.5 Å². The van der Waals surface area contributed by atoms with Crippen LogP contribution in [0.4, 0.5) is 5.95 Å². The first-order valence-electron chi connectivity index (χ1n) is 13.4. The van der Waals surface area contributed by atoms with Crippen LogP contribution in [0.1, 0.15) is 58.1 Å². The summed E-state index contributed by atoms with van der Waals surface area (Å²) >= 11 is 0. The van der Waals surface area contributed by atoms with Crippen molar-refractivity contribution >= 4 is 28.1 Å². The van der Waals surface area contributed by atoms with Crippen LogP contribution in [0.2, 0.25) is 0 Å². The summed E-state index contributed by atoms with van der Waals surface area (Å²) in [5, 5.41) is 9.59. The van der Waals surface area contributed by atoms with Crippen molar-refractivity contribution < 1.29 is 9.84 Å². The summed E-state index contributed by atoms with van der Waals surface area (Å²) in [6.07, 6.45) is 11.1. The van der Waals surface area contributed by atoms with Gasteiger partial charge in [0.2, 0.25) is 5.95 Å². The van der Waals surface area contributed by atoms with Crippen molar-refractivity contribution in [2.75, 3.05) is 31.2 Å². The maximum absolute atomic E-state index is 9.59.